The number of benzene rings is 1. The summed E-state index contributed by atoms with van der Waals surface area (Å²) in [6, 6.07) is 4.41. The van der Waals surface area contributed by atoms with Crippen molar-refractivity contribution in [1.82, 2.24) is 0 Å². The molecule has 0 aliphatic carbocycles. The molecule has 0 spiro atoms. The molecule has 2 N–H and O–H groups in total. The molecular weight excluding hydrogens is 189 g/mol. The predicted molar refractivity (Wildman–Crippen MR) is 53.1 cm³/mol. The van der Waals surface area contributed by atoms with Crippen LogP contribution in [0.5, 0.6) is 0 Å². The van der Waals surface area contributed by atoms with Gasteiger partial charge < -0.3 is 5.73 Å². The number of rotatable bonds is 2. The van der Waals surface area contributed by atoms with E-state index in [1.807, 2.05) is 0 Å². The molecular formula is C10H11ClFN. The zero-order valence-electron chi connectivity index (χ0n) is 7.35. The lowest BCUT2D eigenvalue weighted by Crippen LogP contribution is -2.29. The lowest BCUT2D eigenvalue weighted by molar-refractivity contribution is 0.611. The third-order valence-electron chi connectivity index (χ3n) is 1.97. The molecule has 1 aromatic rings. The van der Waals surface area contributed by atoms with Crippen LogP contribution in [0.2, 0.25) is 5.02 Å². The van der Waals surface area contributed by atoms with E-state index in [0.717, 1.165) is 5.56 Å². The molecule has 0 heterocycles. The minimum atomic E-state index is -0.669. The molecule has 1 nitrogen and oxygen atoms in total. The fourth-order valence-electron chi connectivity index (χ4n) is 0.949. The van der Waals surface area contributed by atoms with Crippen molar-refractivity contribution in [2.45, 2.75) is 12.5 Å². The first kappa shape index (κ1) is 10.2. The molecule has 1 rings (SSSR count). The minimum absolute atomic E-state index is 0.0797. The molecule has 13 heavy (non-hydrogen) atoms. The van der Waals surface area contributed by atoms with E-state index in [4.69, 9.17) is 17.3 Å². The van der Waals surface area contributed by atoms with Crippen LogP contribution in [0.25, 0.3) is 0 Å². The zero-order chi connectivity index (χ0) is 10.1. The Hall–Kier alpha value is -0.860. The van der Waals surface area contributed by atoms with Crippen molar-refractivity contribution in [3.63, 3.8) is 0 Å². The van der Waals surface area contributed by atoms with Crippen molar-refractivity contribution in [1.29, 1.82) is 0 Å². The number of hydrogen-bond acceptors (Lipinski definition) is 1. The summed E-state index contributed by atoms with van der Waals surface area (Å²) < 4.78 is 12.8. The SMILES string of the molecule is C=CC(C)(N)c1ccc(F)c(Cl)c1. The van der Waals surface area contributed by atoms with Gasteiger partial charge in [0, 0.05) is 0 Å². The summed E-state index contributed by atoms with van der Waals surface area (Å²) in [5.74, 6) is -0.440. The van der Waals surface area contributed by atoms with Crippen LogP contribution in [0.1, 0.15) is 12.5 Å². The second-order valence-electron chi connectivity index (χ2n) is 3.12. The largest absolute Gasteiger partial charge is 0.318 e. The fourth-order valence-corrected chi connectivity index (χ4v) is 1.13. The van der Waals surface area contributed by atoms with Gasteiger partial charge in [0.15, 0.2) is 0 Å². The van der Waals surface area contributed by atoms with Crippen molar-refractivity contribution in [2.24, 2.45) is 5.73 Å². The second-order valence-corrected chi connectivity index (χ2v) is 3.52. The Bertz CT molecular complexity index is 334. The van der Waals surface area contributed by atoms with Gasteiger partial charge in [-0.3, -0.25) is 0 Å². The third kappa shape index (κ3) is 2.08. The molecule has 70 valence electrons. The highest BCUT2D eigenvalue weighted by molar-refractivity contribution is 6.30. The molecule has 1 atom stereocenters. The van der Waals surface area contributed by atoms with Crippen LogP contribution in [0, 0.1) is 5.82 Å². The van der Waals surface area contributed by atoms with E-state index in [0.29, 0.717) is 0 Å². The Morgan fingerprint density at radius 3 is 2.69 bits per heavy atom. The summed E-state index contributed by atoms with van der Waals surface area (Å²) in [5.41, 5.74) is 5.93. The van der Waals surface area contributed by atoms with E-state index in [1.165, 1.54) is 12.1 Å². The fraction of sp³-hybridized carbons (Fsp3) is 0.200. The normalized spacial score (nSPS) is 15.1. The Labute approximate surface area is 82.0 Å². The van der Waals surface area contributed by atoms with Gasteiger partial charge in [-0.25, -0.2) is 4.39 Å². The summed E-state index contributed by atoms with van der Waals surface area (Å²) in [5, 5.41) is 0.0797. The zero-order valence-corrected chi connectivity index (χ0v) is 8.11. The highest BCUT2D eigenvalue weighted by atomic mass is 35.5. The van der Waals surface area contributed by atoms with Crippen LogP contribution in [-0.4, -0.2) is 0 Å². The first-order valence-corrected chi connectivity index (χ1v) is 4.23. The van der Waals surface area contributed by atoms with E-state index in [1.54, 1.807) is 19.1 Å². The predicted octanol–water partition coefficient (Wildman–Crippen LogP) is 2.84. The van der Waals surface area contributed by atoms with Crippen LogP contribution in [0.3, 0.4) is 0 Å². The molecule has 1 aromatic carbocycles. The molecule has 1 unspecified atom stereocenters. The number of nitrogens with two attached hydrogens (primary N) is 1. The quantitative estimate of drug-likeness (QED) is 0.729. The summed E-state index contributed by atoms with van der Waals surface area (Å²) in [6.07, 6.45) is 1.59. The Balaban J connectivity index is 3.18. The van der Waals surface area contributed by atoms with Gasteiger partial charge in [0.05, 0.1) is 10.6 Å². The lowest BCUT2D eigenvalue weighted by atomic mass is 9.94. The minimum Gasteiger partial charge on any atom is -0.318 e. The Morgan fingerprint density at radius 1 is 1.62 bits per heavy atom. The van der Waals surface area contributed by atoms with Crippen LogP contribution >= 0.6 is 11.6 Å². The van der Waals surface area contributed by atoms with E-state index < -0.39 is 11.4 Å². The molecule has 0 aliphatic rings. The lowest BCUT2D eigenvalue weighted by Gasteiger charge is -2.20. The van der Waals surface area contributed by atoms with Crippen LogP contribution in [0.4, 0.5) is 4.39 Å². The molecule has 0 radical (unpaired) electrons. The van der Waals surface area contributed by atoms with Crippen molar-refractivity contribution < 1.29 is 4.39 Å². The molecule has 3 heteroatoms. The van der Waals surface area contributed by atoms with E-state index >= 15 is 0 Å². The first-order chi connectivity index (χ1) is 5.97. The average Bonchev–Trinajstić information content (AvgIpc) is 2.09. The average molecular weight is 200 g/mol. The Kier molecular flexibility index (Phi) is 2.74. The highest BCUT2D eigenvalue weighted by Gasteiger charge is 2.17. The van der Waals surface area contributed by atoms with E-state index in [9.17, 15) is 4.39 Å². The van der Waals surface area contributed by atoms with Crippen LogP contribution in [-0.2, 0) is 5.54 Å². The van der Waals surface area contributed by atoms with Crippen LogP contribution < -0.4 is 5.73 Å². The van der Waals surface area contributed by atoms with Gasteiger partial charge in [0.2, 0.25) is 0 Å². The van der Waals surface area contributed by atoms with Gasteiger partial charge in [0.25, 0.3) is 0 Å². The molecule has 0 saturated heterocycles. The van der Waals surface area contributed by atoms with Gasteiger partial charge in [-0.05, 0) is 24.6 Å². The van der Waals surface area contributed by atoms with Crippen molar-refractivity contribution >= 4 is 11.6 Å². The summed E-state index contributed by atoms with van der Waals surface area (Å²) >= 11 is 5.61. The first-order valence-electron chi connectivity index (χ1n) is 3.85. The summed E-state index contributed by atoms with van der Waals surface area (Å²) in [6.45, 7) is 5.38. The highest BCUT2D eigenvalue weighted by Crippen LogP contribution is 2.23. The molecule has 0 fully saturated rings. The molecule has 0 amide bonds. The van der Waals surface area contributed by atoms with Gasteiger partial charge in [0.1, 0.15) is 5.82 Å². The van der Waals surface area contributed by atoms with Gasteiger partial charge in [-0.1, -0.05) is 23.7 Å². The van der Waals surface area contributed by atoms with Crippen molar-refractivity contribution in [3.05, 3.63) is 47.3 Å². The van der Waals surface area contributed by atoms with Crippen molar-refractivity contribution in [2.75, 3.05) is 0 Å². The van der Waals surface area contributed by atoms with Gasteiger partial charge in [-0.2, -0.15) is 0 Å². The summed E-state index contributed by atoms with van der Waals surface area (Å²) in [7, 11) is 0. The maximum absolute atomic E-state index is 12.8. The maximum atomic E-state index is 12.8. The molecule has 0 aromatic heterocycles. The standard InChI is InChI=1S/C10H11ClFN/c1-3-10(2,13)7-4-5-9(12)8(11)6-7/h3-6H,1,13H2,2H3. The topological polar surface area (TPSA) is 26.0 Å². The molecule has 0 aliphatic heterocycles. The Morgan fingerprint density at radius 2 is 2.23 bits per heavy atom. The van der Waals surface area contributed by atoms with Gasteiger partial charge in [-0.15, -0.1) is 6.58 Å². The van der Waals surface area contributed by atoms with E-state index in [2.05, 4.69) is 6.58 Å². The second kappa shape index (κ2) is 3.48. The monoisotopic (exact) mass is 199 g/mol. The molecule has 0 bridgehead atoms. The van der Waals surface area contributed by atoms with E-state index in [-0.39, 0.29) is 5.02 Å². The maximum Gasteiger partial charge on any atom is 0.141 e. The van der Waals surface area contributed by atoms with Gasteiger partial charge >= 0.3 is 0 Å². The summed E-state index contributed by atoms with van der Waals surface area (Å²) in [4.78, 5) is 0. The smallest absolute Gasteiger partial charge is 0.141 e. The van der Waals surface area contributed by atoms with Crippen LogP contribution in [0.15, 0.2) is 30.9 Å². The third-order valence-corrected chi connectivity index (χ3v) is 2.26. The van der Waals surface area contributed by atoms with Crippen molar-refractivity contribution in [3.8, 4) is 0 Å². The number of hydrogen-bond donors (Lipinski definition) is 1. The molecule has 0 saturated carbocycles. The number of halogens is 2.